The first-order valence-electron chi connectivity index (χ1n) is 13.4. The second-order valence-corrected chi connectivity index (χ2v) is 13.1. The lowest BCUT2D eigenvalue weighted by molar-refractivity contribution is 0.321. The molecule has 6 rings (SSSR count). The molecule has 0 N–H and O–H groups in total. The van der Waals surface area contributed by atoms with Gasteiger partial charge in [-0.15, -0.1) is 0 Å². The lowest BCUT2D eigenvalue weighted by Gasteiger charge is -2.41. The van der Waals surface area contributed by atoms with Crippen molar-refractivity contribution >= 4 is 8.07 Å². The third-order valence-corrected chi connectivity index (χ3v) is 11.2. The van der Waals surface area contributed by atoms with E-state index in [2.05, 4.69) is 129 Å². The molecule has 2 aliphatic carbocycles. The van der Waals surface area contributed by atoms with E-state index in [-0.39, 0.29) is 8.07 Å². The molecule has 0 atom stereocenters. The van der Waals surface area contributed by atoms with E-state index < -0.39 is 0 Å². The molecule has 4 aromatic carbocycles. The third kappa shape index (κ3) is 3.94. The largest absolute Gasteiger partial charge is 0.277 e. The van der Waals surface area contributed by atoms with Gasteiger partial charge in [0, 0.05) is 23.9 Å². The molecule has 0 fully saturated rings. The fourth-order valence-corrected chi connectivity index (χ4v) is 10.3. The van der Waals surface area contributed by atoms with Crippen molar-refractivity contribution in [3.63, 3.8) is 0 Å². The molecule has 1 nitrogen and oxygen atoms in total. The maximum atomic E-state index is 2.85. The van der Waals surface area contributed by atoms with Crippen LogP contribution < -0.4 is 0 Å². The SMILES string of the molecule is CC(C)N(C(C)C)P(CC1c2ccccc2-c2ccccc21)CC1c2ccccc2-c2ccccc21. The van der Waals surface area contributed by atoms with E-state index in [9.17, 15) is 0 Å². The summed E-state index contributed by atoms with van der Waals surface area (Å²) in [6.07, 6.45) is 2.42. The van der Waals surface area contributed by atoms with Gasteiger partial charge in [-0.1, -0.05) is 97.1 Å². The molecular weight excluding hydrogens is 453 g/mol. The number of fused-ring (bicyclic) bond motifs is 6. The molecule has 0 heterocycles. The Labute approximate surface area is 218 Å². The van der Waals surface area contributed by atoms with E-state index in [1.165, 1.54) is 56.8 Å². The topological polar surface area (TPSA) is 3.24 Å². The zero-order chi connectivity index (χ0) is 24.8. The van der Waals surface area contributed by atoms with Crippen LogP contribution in [0.2, 0.25) is 0 Å². The highest BCUT2D eigenvalue weighted by Gasteiger charge is 2.37. The summed E-state index contributed by atoms with van der Waals surface area (Å²) < 4.78 is 2.85. The van der Waals surface area contributed by atoms with Gasteiger partial charge in [0.25, 0.3) is 0 Å². The van der Waals surface area contributed by atoms with Crippen LogP contribution in [-0.4, -0.2) is 29.1 Å². The molecule has 36 heavy (non-hydrogen) atoms. The Morgan fingerprint density at radius 3 is 1.06 bits per heavy atom. The summed E-state index contributed by atoms with van der Waals surface area (Å²) >= 11 is 0. The minimum Gasteiger partial charge on any atom is -0.277 e. The zero-order valence-electron chi connectivity index (χ0n) is 21.9. The number of rotatable bonds is 7. The van der Waals surface area contributed by atoms with Crippen LogP contribution in [0.4, 0.5) is 0 Å². The molecule has 0 spiro atoms. The van der Waals surface area contributed by atoms with Crippen molar-refractivity contribution in [1.82, 2.24) is 4.67 Å². The number of benzene rings is 4. The predicted octanol–water partition coefficient (Wildman–Crippen LogP) is 9.13. The van der Waals surface area contributed by atoms with Gasteiger partial charge in [0.1, 0.15) is 0 Å². The molecule has 0 bridgehead atoms. The van der Waals surface area contributed by atoms with Crippen molar-refractivity contribution in [2.75, 3.05) is 12.3 Å². The summed E-state index contributed by atoms with van der Waals surface area (Å²) in [5.41, 5.74) is 11.8. The average molecular weight is 490 g/mol. The van der Waals surface area contributed by atoms with E-state index in [4.69, 9.17) is 0 Å². The number of nitrogens with zero attached hydrogens (tertiary/aromatic N) is 1. The van der Waals surface area contributed by atoms with Gasteiger partial charge in [-0.25, -0.2) is 0 Å². The van der Waals surface area contributed by atoms with E-state index in [1.54, 1.807) is 0 Å². The summed E-state index contributed by atoms with van der Waals surface area (Å²) in [6, 6.07) is 37.5. The molecule has 0 aromatic heterocycles. The third-order valence-electron chi connectivity index (χ3n) is 8.10. The molecule has 0 saturated heterocycles. The Bertz CT molecular complexity index is 1190. The molecule has 2 heteroatoms. The van der Waals surface area contributed by atoms with Gasteiger partial charge in [-0.2, -0.15) is 0 Å². The van der Waals surface area contributed by atoms with Crippen LogP contribution in [0.25, 0.3) is 22.3 Å². The highest BCUT2D eigenvalue weighted by atomic mass is 31.1. The fraction of sp³-hybridized carbons (Fsp3) is 0.294. The van der Waals surface area contributed by atoms with E-state index in [0.717, 1.165) is 0 Å². The standard InChI is InChI=1S/C34H36NP/c1-23(2)35(24(3)4)36(21-33-29-17-9-5-13-25(29)26-14-6-10-18-30(26)33)22-34-31-19-11-7-15-27(31)28-16-8-12-20-32(28)34/h5-20,23-24,33-34H,21-22H2,1-4H3. The minimum absolute atomic E-state index is 0.390. The Kier molecular flexibility index (Phi) is 6.32. The van der Waals surface area contributed by atoms with Gasteiger partial charge in [-0.05, 0) is 92.6 Å². The Morgan fingerprint density at radius 2 is 0.778 bits per heavy atom. The molecule has 0 unspecified atom stereocenters. The van der Waals surface area contributed by atoms with E-state index >= 15 is 0 Å². The van der Waals surface area contributed by atoms with Gasteiger partial charge in [0.2, 0.25) is 0 Å². The van der Waals surface area contributed by atoms with Crippen LogP contribution in [0.15, 0.2) is 97.1 Å². The Balaban J connectivity index is 1.43. The van der Waals surface area contributed by atoms with Crippen LogP contribution >= 0.6 is 8.07 Å². The predicted molar refractivity (Wildman–Crippen MR) is 156 cm³/mol. The van der Waals surface area contributed by atoms with Gasteiger partial charge in [0.15, 0.2) is 0 Å². The summed E-state index contributed by atoms with van der Waals surface area (Å²) in [7, 11) is -0.390. The summed E-state index contributed by atoms with van der Waals surface area (Å²) in [5.74, 6) is 0.936. The molecule has 0 saturated carbocycles. The second kappa shape index (κ2) is 9.62. The van der Waals surface area contributed by atoms with Crippen LogP contribution in [0.3, 0.4) is 0 Å². The van der Waals surface area contributed by atoms with Crippen LogP contribution in [0.5, 0.6) is 0 Å². The Hall–Kier alpha value is -2.73. The fourth-order valence-electron chi connectivity index (χ4n) is 6.85. The smallest absolute Gasteiger partial charge is 0.0153 e. The highest BCUT2D eigenvalue weighted by Crippen LogP contribution is 2.57. The maximum absolute atomic E-state index is 2.85. The Morgan fingerprint density at radius 1 is 0.500 bits per heavy atom. The second-order valence-electron chi connectivity index (χ2n) is 10.9. The van der Waals surface area contributed by atoms with Crippen LogP contribution in [0, 0.1) is 0 Å². The highest BCUT2D eigenvalue weighted by molar-refractivity contribution is 7.55. The van der Waals surface area contributed by atoms with Crippen LogP contribution in [-0.2, 0) is 0 Å². The first-order chi connectivity index (χ1) is 17.5. The minimum atomic E-state index is -0.390. The average Bonchev–Trinajstić information content (AvgIpc) is 3.37. The van der Waals surface area contributed by atoms with E-state index in [0.29, 0.717) is 23.9 Å². The van der Waals surface area contributed by atoms with Gasteiger partial charge in [-0.3, -0.25) is 4.67 Å². The van der Waals surface area contributed by atoms with Crippen molar-refractivity contribution in [2.24, 2.45) is 0 Å². The van der Waals surface area contributed by atoms with Crippen molar-refractivity contribution in [3.05, 3.63) is 119 Å². The molecule has 0 radical (unpaired) electrons. The summed E-state index contributed by atoms with van der Waals surface area (Å²) in [4.78, 5) is 0. The first kappa shape index (κ1) is 23.7. The molecule has 182 valence electrons. The molecule has 0 amide bonds. The maximum Gasteiger partial charge on any atom is 0.0153 e. The lowest BCUT2D eigenvalue weighted by atomic mass is 9.99. The van der Waals surface area contributed by atoms with Crippen molar-refractivity contribution in [3.8, 4) is 22.3 Å². The van der Waals surface area contributed by atoms with Gasteiger partial charge in [0.05, 0.1) is 0 Å². The summed E-state index contributed by atoms with van der Waals surface area (Å²) in [6.45, 7) is 9.57. The van der Waals surface area contributed by atoms with E-state index in [1.807, 2.05) is 0 Å². The molecule has 4 aromatic rings. The van der Waals surface area contributed by atoms with Gasteiger partial charge >= 0.3 is 0 Å². The number of hydrogen-bond donors (Lipinski definition) is 0. The van der Waals surface area contributed by atoms with Crippen molar-refractivity contribution in [2.45, 2.75) is 51.6 Å². The molecular formula is C34H36NP. The quantitative estimate of drug-likeness (QED) is 0.234. The zero-order valence-corrected chi connectivity index (χ0v) is 22.8. The monoisotopic (exact) mass is 489 g/mol. The number of hydrogen-bond acceptors (Lipinski definition) is 1. The normalized spacial score (nSPS) is 14.6. The van der Waals surface area contributed by atoms with Crippen molar-refractivity contribution in [1.29, 1.82) is 0 Å². The van der Waals surface area contributed by atoms with Gasteiger partial charge < -0.3 is 0 Å². The summed E-state index contributed by atoms with van der Waals surface area (Å²) in [5, 5.41) is 0. The first-order valence-corrected chi connectivity index (χ1v) is 15.1. The van der Waals surface area contributed by atoms with Crippen molar-refractivity contribution < 1.29 is 0 Å². The molecule has 2 aliphatic rings. The molecule has 0 aliphatic heterocycles. The van der Waals surface area contributed by atoms with Crippen LogP contribution in [0.1, 0.15) is 61.8 Å². The lowest BCUT2D eigenvalue weighted by Crippen LogP contribution is -2.35.